The van der Waals surface area contributed by atoms with Gasteiger partial charge in [0.05, 0.1) is 6.10 Å². The van der Waals surface area contributed by atoms with Crippen LogP contribution in [0, 0.1) is 65.1 Å². The average Bonchev–Trinajstić information content (AvgIpc) is 3.45. The number of hydrogen-bond donors (Lipinski definition) is 1. The summed E-state index contributed by atoms with van der Waals surface area (Å²) in [4.78, 5) is 24.2. The van der Waals surface area contributed by atoms with Gasteiger partial charge in [0.1, 0.15) is 12.2 Å². The highest BCUT2D eigenvalue weighted by molar-refractivity contribution is 5.43. The second-order valence-electron chi connectivity index (χ2n) is 16.4. The van der Waals surface area contributed by atoms with Crippen molar-refractivity contribution in [2.45, 2.75) is 140 Å². The van der Waals surface area contributed by atoms with Crippen molar-refractivity contribution in [1.29, 1.82) is 0 Å². The molecule has 10 aliphatic rings. The molecule has 1 aromatic carbocycles. The van der Waals surface area contributed by atoms with Crippen LogP contribution in [0.2, 0.25) is 0 Å². The molecule has 1 N–H and O–H groups in total. The molecule has 2 aliphatic carbocycles. The first-order valence-corrected chi connectivity index (χ1v) is 18.2. The van der Waals surface area contributed by atoms with Crippen LogP contribution in [0.4, 0.5) is 0 Å². The lowest BCUT2D eigenvalue weighted by atomic mass is 9.57. The minimum atomic E-state index is -0.894. The molecule has 9 heteroatoms. The fraction of sp³-hybridized carbons (Fsp3) is 0.744. The van der Waals surface area contributed by atoms with Gasteiger partial charge in [-0.3, -0.25) is 0 Å². The zero-order valence-electron chi connectivity index (χ0n) is 28.6. The monoisotopic (exact) mass is 660 g/mol. The van der Waals surface area contributed by atoms with Crippen molar-refractivity contribution >= 4 is 0 Å². The van der Waals surface area contributed by atoms with Crippen LogP contribution < -0.4 is 0 Å². The van der Waals surface area contributed by atoms with E-state index in [1.807, 2.05) is 38.1 Å². The Morgan fingerprint density at radius 1 is 0.604 bits per heavy atom. The third-order valence-electron chi connectivity index (χ3n) is 13.5. The summed E-state index contributed by atoms with van der Waals surface area (Å²) in [5.41, 5.74) is 0.407. The van der Waals surface area contributed by atoms with Crippen LogP contribution in [0.1, 0.15) is 97.1 Å². The van der Waals surface area contributed by atoms with Crippen LogP contribution in [0.3, 0.4) is 0 Å². The van der Waals surface area contributed by atoms with Crippen molar-refractivity contribution < 1.29 is 43.6 Å². The summed E-state index contributed by atoms with van der Waals surface area (Å²) in [5, 5.41) is 11.0. The van der Waals surface area contributed by atoms with Gasteiger partial charge in [-0.15, -0.1) is 0 Å². The molecule has 2 saturated carbocycles. The molecular weight excluding hydrogens is 612 g/mol. The van der Waals surface area contributed by atoms with Gasteiger partial charge in [-0.1, -0.05) is 44.5 Å². The second kappa shape index (κ2) is 11.2. The van der Waals surface area contributed by atoms with E-state index < -0.39 is 41.5 Å². The Balaban J connectivity index is 0.917. The maximum absolute atomic E-state index is 11.0. The molecule has 9 nitrogen and oxygen atoms in total. The predicted molar refractivity (Wildman–Crippen MR) is 171 cm³/mol. The molecule has 0 amide bonds. The summed E-state index contributed by atoms with van der Waals surface area (Å²) >= 11 is 0. The van der Waals surface area contributed by atoms with Crippen molar-refractivity contribution in [3.05, 3.63) is 35.4 Å². The van der Waals surface area contributed by atoms with E-state index in [0.717, 1.165) is 49.7 Å². The molecule has 2 spiro atoms. The van der Waals surface area contributed by atoms with Gasteiger partial charge in [0, 0.05) is 41.7 Å². The van der Waals surface area contributed by atoms with Gasteiger partial charge in [-0.05, 0) is 100 Å². The van der Waals surface area contributed by atoms with Crippen molar-refractivity contribution in [1.82, 2.24) is 0 Å². The van der Waals surface area contributed by atoms with E-state index in [4.69, 9.17) is 38.5 Å². The first-order chi connectivity index (χ1) is 23.0. The molecule has 10 fully saturated rings. The first-order valence-electron chi connectivity index (χ1n) is 18.2. The topological polar surface area (TPSA) is 94.1 Å². The molecule has 8 heterocycles. The van der Waals surface area contributed by atoms with E-state index in [-0.39, 0.29) is 41.8 Å². The standard InChI is InChI=1S/C39H48O9/c1-22-6-13-28-23(2)32(41-34-38(28)27(22)18-20-36(4,43-34)45-47-38)16-11-25-7-9-26(10-8-25)12-17-33-24(3)29-14-15-31(40)30-19-21-37(5)44-35(42-33)39(29,30)48-46-37/h7-10,22-24,27-35,40H,6,13-15,18-21H2,1-5H3/t22-,23-,24-,27+,28+,29+,30+,31-,32-,33-,34-,35-,36+,37+,38-,39+/m1/s1. The highest BCUT2D eigenvalue weighted by Gasteiger charge is 2.71. The molecule has 16 atom stereocenters. The van der Waals surface area contributed by atoms with Crippen LogP contribution in [-0.4, -0.2) is 58.8 Å². The Labute approximate surface area is 283 Å². The van der Waals surface area contributed by atoms with Crippen LogP contribution in [0.25, 0.3) is 0 Å². The Morgan fingerprint density at radius 2 is 1.08 bits per heavy atom. The molecule has 8 aliphatic heterocycles. The number of rotatable bonds is 0. The molecular formula is C39H48O9. The van der Waals surface area contributed by atoms with Crippen molar-refractivity contribution in [2.75, 3.05) is 0 Å². The van der Waals surface area contributed by atoms with E-state index in [1.54, 1.807) is 0 Å². The number of benzene rings is 1. The maximum atomic E-state index is 11.0. The zero-order valence-corrected chi connectivity index (χ0v) is 28.6. The molecule has 1 aromatic rings. The van der Waals surface area contributed by atoms with Crippen molar-refractivity contribution in [3.63, 3.8) is 0 Å². The molecule has 8 saturated heterocycles. The molecule has 48 heavy (non-hydrogen) atoms. The summed E-state index contributed by atoms with van der Waals surface area (Å²) in [6.07, 6.45) is 4.80. The Hall–Kier alpha value is -2.02. The Kier molecular flexibility index (Phi) is 7.48. The zero-order chi connectivity index (χ0) is 33.1. The lowest BCUT2D eigenvalue weighted by Gasteiger charge is -2.59. The molecule has 11 rings (SSSR count). The van der Waals surface area contributed by atoms with Gasteiger partial charge in [0.15, 0.2) is 23.8 Å². The van der Waals surface area contributed by atoms with Crippen LogP contribution in [-0.2, 0) is 38.5 Å². The quantitative estimate of drug-likeness (QED) is 0.281. The van der Waals surface area contributed by atoms with Gasteiger partial charge in [0.2, 0.25) is 11.6 Å². The highest BCUT2D eigenvalue weighted by atomic mass is 17.3. The van der Waals surface area contributed by atoms with E-state index in [0.29, 0.717) is 18.3 Å². The fourth-order valence-corrected chi connectivity index (χ4v) is 10.8. The number of fused-ring (bicyclic) bond motifs is 4. The summed E-state index contributed by atoms with van der Waals surface area (Å²) in [5.74, 6) is 13.3. The van der Waals surface area contributed by atoms with Crippen LogP contribution in [0.5, 0.6) is 0 Å². The largest absolute Gasteiger partial charge is 0.393 e. The minimum absolute atomic E-state index is 0.0787. The van der Waals surface area contributed by atoms with E-state index in [9.17, 15) is 5.11 Å². The molecule has 258 valence electrons. The SMILES string of the molecule is C[C@H]1[C@@H](C#Cc2ccc(C#C[C@H]3O[C@@H]4O[C@]5(C)CC[C@H]6[C@H](O)CC[C@@H]([C@H]3C)[C@@]46OO5)cc2)O[C@@H]2O[C@]3(C)CC[C@H]4[C@H](C)CC[C@@H]1[C@@]24OO3. The van der Waals surface area contributed by atoms with Crippen molar-refractivity contribution in [3.8, 4) is 23.7 Å². The van der Waals surface area contributed by atoms with Gasteiger partial charge >= 0.3 is 0 Å². The van der Waals surface area contributed by atoms with Gasteiger partial charge in [0.25, 0.3) is 0 Å². The maximum Gasteiger partial charge on any atom is 0.201 e. The third-order valence-corrected chi connectivity index (χ3v) is 13.5. The molecule has 0 unspecified atom stereocenters. The summed E-state index contributed by atoms with van der Waals surface area (Å²) in [6.45, 7) is 10.6. The summed E-state index contributed by atoms with van der Waals surface area (Å²) in [7, 11) is 0. The van der Waals surface area contributed by atoms with Crippen LogP contribution >= 0.6 is 0 Å². The second-order valence-corrected chi connectivity index (χ2v) is 16.4. The lowest BCUT2D eigenvalue weighted by Crippen LogP contribution is -2.71. The number of hydrogen-bond acceptors (Lipinski definition) is 9. The third kappa shape index (κ3) is 4.66. The Bertz CT molecular complexity index is 1440. The normalized spacial score (nSPS) is 53.1. The van der Waals surface area contributed by atoms with Gasteiger partial charge < -0.3 is 24.1 Å². The van der Waals surface area contributed by atoms with E-state index >= 15 is 0 Å². The number of aliphatic hydroxyl groups is 1. The predicted octanol–water partition coefficient (Wildman–Crippen LogP) is 5.62. The van der Waals surface area contributed by atoms with Crippen LogP contribution in [0.15, 0.2) is 24.3 Å². The molecule has 4 bridgehead atoms. The smallest absolute Gasteiger partial charge is 0.201 e. The summed E-state index contributed by atoms with van der Waals surface area (Å²) < 4.78 is 26.1. The van der Waals surface area contributed by atoms with Gasteiger partial charge in [-0.2, -0.15) is 0 Å². The highest BCUT2D eigenvalue weighted by Crippen LogP contribution is 2.61. The van der Waals surface area contributed by atoms with E-state index in [2.05, 4.69) is 44.5 Å². The summed E-state index contributed by atoms with van der Waals surface area (Å²) in [6, 6.07) is 8.04. The molecule has 0 aromatic heterocycles. The minimum Gasteiger partial charge on any atom is -0.393 e. The van der Waals surface area contributed by atoms with E-state index in [1.165, 1.54) is 6.42 Å². The fourth-order valence-electron chi connectivity index (χ4n) is 10.8. The number of aliphatic hydroxyl groups excluding tert-OH is 1. The Morgan fingerprint density at radius 3 is 1.62 bits per heavy atom. The average molecular weight is 661 g/mol. The van der Waals surface area contributed by atoms with Gasteiger partial charge in [-0.25, -0.2) is 19.6 Å². The first kappa shape index (κ1) is 31.9. The lowest BCUT2D eigenvalue weighted by molar-refractivity contribution is -0.569. The van der Waals surface area contributed by atoms with Crippen molar-refractivity contribution in [2.24, 2.45) is 41.4 Å². The molecule has 0 radical (unpaired) electrons. The number of ether oxygens (including phenoxy) is 4.